The molecule has 0 unspecified atom stereocenters. The third-order valence-corrected chi connectivity index (χ3v) is 3.93. The van der Waals surface area contributed by atoms with E-state index < -0.39 is 0 Å². The van der Waals surface area contributed by atoms with Crippen molar-refractivity contribution in [2.45, 2.75) is 53.0 Å². The second kappa shape index (κ2) is 8.24. The first-order valence-electron chi connectivity index (χ1n) is 8.82. The lowest BCUT2D eigenvalue weighted by atomic mass is 10.0. The topological polar surface area (TPSA) is 71.8 Å². The molecule has 6 heteroatoms. The Kier molecular flexibility index (Phi) is 6.31. The van der Waals surface area contributed by atoms with Crippen LogP contribution in [0.5, 0.6) is 0 Å². The standard InChI is InChI=1S/C18H29N5O/c1-6-7-19-8-9-20-18(24)14-10-16(12(2)3)22-17-15(14)11-21-23(17)13(4)5/h10-13,19H,6-9H2,1-5H3,(H,20,24). The van der Waals surface area contributed by atoms with Gasteiger partial charge in [0.25, 0.3) is 5.91 Å². The van der Waals surface area contributed by atoms with Crippen molar-refractivity contribution in [2.24, 2.45) is 0 Å². The van der Waals surface area contributed by atoms with Gasteiger partial charge in [0.05, 0.1) is 17.1 Å². The SMILES string of the molecule is CCCNCCNC(=O)c1cc(C(C)C)nc2c1cnn2C(C)C. The minimum Gasteiger partial charge on any atom is -0.351 e. The Morgan fingerprint density at radius 1 is 1.21 bits per heavy atom. The minimum absolute atomic E-state index is 0.0640. The molecular weight excluding hydrogens is 302 g/mol. The van der Waals surface area contributed by atoms with Crippen LogP contribution in [0.15, 0.2) is 12.3 Å². The van der Waals surface area contributed by atoms with E-state index in [2.05, 4.69) is 50.4 Å². The third kappa shape index (κ3) is 4.12. The number of carbonyl (C=O) groups is 1. The molecule has 24 heavy (non-hydrogen) atoms. The van der Waals surface area contributed by atoms with Crippen LogP contribution in [0.25, 0.3) is 11.0 Å². The monoisotopic (exact) mass is 331 g/mol. The summed E-state index contributed by atoms with van der Waals surface area (Å²) in [5.74, 6) is 0.189. The van der Waals surface area contributed by atoms with Gasteiger partial charge in [-0.2, -0.15) is 5.10 Å². The lowest BCUT2D eigenvalue weighted by Crippen LogP contribution is -2.32. The van der Waals surface area contributed by atoms with Gasteiger partial charge in [-0.25, -0.2) is 9.67 Å². The maximum atomic E-state index is 12.6. The first-order valence-corrected chi connectivity index (χ1v) is 8.82. The van der Waals surface area contributed by atoms with Gasteiger partial charge in [-0.15, -0.1) is 0 Å². The van der Waals surface area contributed by atoms with Crippen LogP contribution in [0.2, 0.25) is 0 Å². The fraction of sp³-hybridized carbons (Fsp3) is 0.611. The maximum absolute atomic E-state index is 12.6. The van der Waals surface area contributed by atoms with Gasteiger partial charge in [-0.05, 0) is 38.8 Å². The average Bonchev–Trinajstić information content (AvgIpc) is 2.97. The van der Waals surface area contributed by atoms with Gasteiger partial charge in [0.1, 0.15) is 0 Å². The highest BCUT2D eigenvalue weighted by Gasteiger charge is 2.18. The molecule has 0 radical (unpaired) electrons. The molecule has 6 nitrogen and oxygen atoms in total. The molecule has 0 saturated carbocycles. The van der Waals surface area contributed by atoms with Crippen LogP contribution in [0.4, 0.5) is 0 Å². The molecule has 2 heterocycles. The highest BCUT2D eigenvalue weighted by molar-refractivity contribution is 6.05. The number of nitrogens with one attached hydrogen (secondary N) is 2. The van der Waals surface area contributed by atoms with Crippen molar-refractivity contribution in [3.63, 3.8) is 0 Å². The van der Waals surface area contributed by atoms with Crippen LogP contribution in [0.3, 0.4) is 0 Å². The summed E-state index contributed by atoms with van der Waals surface area (Å²) in [6.45, 7) is 12.8. The Morgan fingerprint density at radius 2 is 1.96 bits per heavy atom. The predicted octanol–water partition coefficient (Wildman–Crippen LogP) is 2.87. The van der Waals surface area contributed by atoms with E-state index in [9.17, 15) is 4.79 Å². The number of rotatable bonds is 8. The van der Waals surface area contributed by atoms with E-state index in [0.29, 0.717) is 12.1 Å². The van der Waals surface area contributed by atoms with Crippen molar-refractivity contribution >= 4 is 16.9 Å². The van der Waals surface area contributed by atoms with Crippen LogP contribution in [0.1, 0.15) is 69.1 Å². The molecular formula is C18H29N5O. The smallest absolute Gasteiger partial charge is 0.252 e. The second-order valence-corrected chi connectivity index (χ2v) is 6.68. The molecule has 2 aromatic heterocycles. The van der Waals surface area contributed by atoms with E-state index in [0.717, 1.165) is 36.2 Å². The van der Waals surface area contributed by atoms with E-state index in [1.54, 1.807) is 6.20 Å². The summed E-state index contributed by atoms with van der Waals surface area (Å²) in [6, 6.07) is 2.10. The number of hydrogen-bond donors (Lipinski definition) is 2. The van der Waals surface area contributed by atoms with Crippen LogP contribution in [0, 0.1) is 0 Å². The van der Waals surface area contributed by atoms with Crippen molar-refractivity contribution < 1.29 is 4.79 Å². The Bertz CT molecular complexity index is 690. The number of nitrogens with zero attached hydrogens (tertiary/aromatic N) is 3. The van der Waals surface area contributed by atoms with Crippen molar-refractivity contribution in [1.82, 2.24) is 25.4 Å². The summed E-state index contributed by atoms with van der Waals surface area (Å²) in [5.41, 5.74) is 2.36. The number of carbonyl (C=O) groups excluding carboxylic acids is 1. The number of hydrogen-bond acceptors (Lipinski definition) is 4. The number of fused-ring (bicyclic) bond motifs is 1. The molecule has 1 amide bonds. The lowest BCUT2D eigenvalue weighted by Gasteiger charge is -2.12. The van der Waals surface area contributed by atoms with E-state index in [1.165, 1.54) is 0 Å². The summed E-state index contributed by atoms with van der Waals surface area (Å²) in [4.78, 5) is 17.4. The Labute approximate surface area is 144 Å². The van der Waals surface area contributed by atoms with Crippen molar-refractivity contribution in [2.75, 3.05) is 19.6 Å². The molecule has 2 aromatic rings. The molecule has 0 aliphatic carbocycles. The van der Waals surface area contributed by atoms with Crippen molar-refractivity contribution in [3.8, 4) is 0 Å². The third-order valence-electron chi connectivity index (χ3n) is 3.93. The normalized spacial score (nSPS) is 11.6. The fourth-order valence-corrected chi connectivity index (χ4v) is 2.56. The van der Waals surface area contributed by atoms with E-state index in [1.807, 2.05) is 10.7 Å². The van der Waals surface area contributed by atoms with E-state index in [4.69, 9.17) is 4.98 Å². The minimum atomic E-state index is -0.0640. The van der Waals surface area contributed by atoms with Crippen LogP contribution < -0.4 is 10.6 Å². The first-order chi connectivity index (χ1) is 11.5. The molecule has 0 aliphatic heterocycles. The molecule has 0 fully saturated rings. The Morgan fingerprint density at radius 3 is 2.58 bits per heavy atom. The van der Waals surface area contributed by atoms with Gasteiger partial charge < -0.3 is 10.6 Å². The summed E-state index contributed by atoms with van der Waals surface area (Å²) in [5, 5.41) is 11.5. The molecule has 132 valence electrons. The molecule has 2 N–H and O–H groups in total. The zero-order valence-electron chi connectivity index (χ0n) is 15.4. The van der Waals surface area contributed by atoms with Gasteiger partial charge in [0.2, 0.25) is 0 Å². The van der Waals surface area contributed by atoms with Gasteiger partial charge in [-0.1, -0.05) is 20.8 Å². The molecule has 0 atom stereocenters. The second-order valence-electron chi connectivity index (χ2n) is 6.68. The summed E-state index contributed by atoms with van der Waals surface area (Å²) in [7, 11) is 0. The van der Waals surface area contributed by atoms with E-state index >= 15 is 0 Å². The predicted molar refractivity (Wildman–Crippen MR) is 97.5 cm³/mol. The average molecular weight is 331 g/mol. The zero-order valence-corrected chi connectivity index (χ0v) is 15.4. The molecule has 0 spiro atoms. The first kappa shape index (κ1) is 18.4. The van der Waals surface area contributed by atoms with Crippen molar-refractivity contribution in [3.05, 3.63) is 23.5 Å². The Hall–Kier alpha value is -1.95. The molecule has 0 aliphatic rings. The van der Waals surface area contributed by atoms with Crippen LogP contribution in [-0.2, 0) is 0 Å². The fourth-order valence-electron chi connectivity index (χ4n) is 2.56. The summed E-state index contributed by atoms with van der Waals surface area (Å²) >= 11 is 0. The number of pyridine rings is 1. The quantitative estimate of drug-likeness (QED) is 0.730. The van der Waals surface area contributed by atoms with Crippen LogP contribution in [-0.4, -0.2) is 40.3 Å². The van der Waals surface area contributed by atoms with Gasteiger partial charge in [0.15, 0.2) is 5.65 Å². The summed E-state index contributed by atoms with van der Waals surface area (Å²) in [6.07, 6.45) is 2.84. The number of amides is 1. The molecule has 0 bridgehead atoms. The maximum Gasteiger partial charge on any atom is 0.252 e. The highest BCUT2D eigenvalue weighted by atomic mass is 16.1. The molecule has 2 rings (SSSR count). The van der Waals surface area contributed by atoms with E-state index in [-0.39, 0.29) is 17.9 Å². The summed E-state index contributed by atoms with van der Waals surface area (Å²) < 4.78 is 1.88. The highest BCUT2D eigenvalue weighted by Crippen LogP contribution is 2.24. The molecule has 0 aromatic carbocycles. The van der Waals surface area contributed by atoms with Gasteiger partial charge >= 0.3 is 0 Å². The largest absolute Gasteiger partial charge is 0.351 e. The lowest BCUT2D eigenvalue weighted by molar-refractivity contribution is 0.0955. The molecule has 0 saturated heterocycles. The Balaban J connectivity index is 2.29. The van der Waals surface area contributed by atoms with Gasteiger partial charge in [0, 0.05) is 24.8 Å². The van der Waals surface area contributed by atoms with Crippen molar-refractivity contribution in [1.29, 1.82) is 0 Å². The van der Waals surface area contributed by atoms with Crippen LogP contribution >= 0.6 is 0 Å². The number of aromatic nitrogens is 3. The zero-order chi connectivity index (χ0) is 17.7. The van der Waals surface area contributed by atoms with Gasteiger partial charge in [-0.3, -0.25) is 4.79 Å².